The summed E-state index contributed by atoms with van der Waals surface area (Å²) >= 11 is 0. The van der Waals surface area contributed by atoms with Crippen molar-refractivity contribution < 1.29 is 0 Å². The maximum atomic E-state index is 2.51. The first-order chi connectivity index (χ1) is 24.6. The fraction of sp³-hybridized carbons (Fsp3) is 0.160. The standard InChI is InChI=1S/C50H43N/c1-32-19-21-34(22-20-32)35-23-28-48(43(29-35)38-14-8-7-13-33(38)2)51(36-24-26-41-39-15-9-11-17-44(39)49(3,4)46(41)30-36)37-25-27-42-40-16-10-12-18-45(40)50(5,6)47(42)31-37/h7-31H,1-6H3. The number of anilines is 3. The van der Waals surface area contributed by atoms with Crippen molar-refractivity contribution in [2.75, 3.05) is 4.90 Å². The van der Waals surface area contributed by atoms with E-state index in [1.54, 1.807) is 0 Å². The zero-order chi connectivity index (χ0) is 35.1. The molecule has 0 bridgehead atoms. The first kappa shape index (κ1) is 31.3. The van der Waals surface area contributed by atoms with E-state index in [9.17, 15) is 0 Å². The van der Waals surface area contributed by atoms with Crippen molar-refractivity contribution in [3.05, 3.63) is 185 Å². The molecule has 2 aliphatic carbocycles. The van der Waals surface area contributed by atoms with E-state index in [-0.39, 0.29) is 10.8 Å². The lowest BCUT2D eigenvalue weighted by atomic mass is 9.82. The molecule has 0 saturated carbocycles. The number of hydrogen-bond acceptors (Lipinski definition) is 1. The zero-order valence-electron chi connectivity index (χ0n) is 30.4. The molecule has 1 heteroatoms. The molecular formula is C50H43N. The van der Waals surface area contributed by atoms with Crippen molar-refractivity contribution in [1.82, 2.24) is 0 Å². The van der Waals surface area contributed by atoms with Gasteiger partial charge in [0.15, 0.2) is 0 Å². The number of aryl methyl sites for hydroxylation is 2. The van der Waals surface area contributed by atoms with Crippen molar-refractivity contribution in [2.45, 2.75) is 52.4 Å². The van der Waals surface area contributed by atoms with Gasteiger partial charge in [-0.05, 0) is 117 Å². The highest BCUT2D eigenvalue weighted by molar-refractivity contribution is 5.94. The minimum absolute atomic E-state index is 0.108. The maximum absolute atomic E-state index is 2.51. The lowest BCUT2D eigenvalue weighted by Gasteiger charge is -2.31. The summed E-state index contributed by atoms with van der Waals surface area (Å²) in [5.41, 5.74) is 21.6. The Hall–Kier alpha value is -5.66. The van der Waals surface area contributed by atoms with E-state index < -0.39 is 0 Å². The highest BCUT2D eigenvalue weighted by Gasteiger charge is 2.38. The van der Waals surface area contributed by atoms with Gasteiger partial charge in [-0.15, -0.1) is 0 Å². The SMILES string of the molecule is Cc1ccc(-c2ccc(N(c3ccc4c(c3)C(C)(C)c3ccccc3-4)c3ccc4c(c3)C(C)(C)c3ccccc3-4)c(-c3ccccc3C)c2)cc1. The van der Waals surface area contributed by atoms with Gasteiger partial charge in [0.2, 0.25) is 0 Å². The highest BCUT2D eigenvalue weighted by Crippen LogP contribution is 2.54. The Morgan fingerprint density at radius 1 is 0.373 bits per heavy atom. The van der Waals surface area contributed by atoms with Crippen LogP contribution in [0, 0.1) is 13.8 Å². The largest absolute Gasteiger partial charge is 0.310 e. The van der Waals surface area contributed by atoms with Crippen LogP contribution in [0.25, 0.3) is 44.5 Å². The number of hydrogen-bond donors (Lipinski definition) is 0. The van der Waals surface area contributed by atoms with Crippen LogP contribution in [0.4, 0.5) is 17.1 Å². The maximum Gasteiger partial charge on any atom is 0.0540 e. The van der Waals surface area contributed by atoms with Crippen LogP contribution in [-0.2, 0) is 10.8 Å². The van der Waals surface area contributed by atoms with Gasteiger partial charge in [-0.2, -0.15) is 0 Å². The number of nitrogens with zero attached hydrogens (tertiary/aromatic N) is 1. The van der Waals surface area contributed by atoms with Crippen molar-refractivity contribution >= 4 is 17.1 Å². The first-order valence-corrected chi connectivity index (χ1v) is 18.2. The molecule has 0 fully saturated rings. The fourth-order valence-corrected chi connectivity index (χ4v) is 8.84. The molecule has 2 aliphatic rings. The van der Waals surface area contributed by atoms with E-state index in [2.05, 4.69) is 198 Å². The van der Waals surface area contributed by atoms with Gasteiger partial charge >= 0.3 is 0 Å². The van der Waals surface area contributed by atoms with Crippen LogP contribution < -0.4 is 4.90 Å². The van der Waals surface area contributed by atoms with Crippen molar-refractivity contribution in [3.63, 3.8) is 0 Å². The Labute approximate surface area is 302 Å². The van der Waals surface area contributed by atoms with Crippen LogP contribution in [0.3, 0.4) is 0 Å². The molecule has 0 aromatic heterocycles. The Bertz CT molecular complexity index is 2390. The third-order valence-corrected chi connectivity index (χ3v) is 11.7. The second-order valence-corrected chi connectivity index (χ2v) is 15.5. The summed E-state index contributed by atoms with van der Waals surface area (Å²) in [7, 11) is 0. The molecule has 9 rings (SSSR count). The van der Waals surface area contributed by atoms with Gasteiger partial charge in [0.25, 0.3) is 0 Å². The molecule has 1 nitrogen and oxygen atoms in total. The van der Waals surface area contributed by atoms with E-state index in [0.717, 1.165) is 0 Å². The predicted molar refractivity (Wildman–Crippen MR) is 217 cm³/mol. The molecule has 0 unspecified atom stereocenters. The molecule has 7 aromatic carbocycles. The molecule has 0 saturated heterocycles. The third-order valence-electron chi connectivity index (χ3n) is 11.7. The van der Waals surface area contributed by atoms with Gasteiger partial charge in [0, 0.05) is 27.8 Å². The summed E-state index contributed by atoms with van der Waals surface area (Å²) in [6, 6.07) is 56.9. The summed E-state index contributed by atoms with van der Waals surface area (Å²) in [6.45, 7) is 13.9. The predicted octanol–water partition coefficient (Wildman–Crippen LogP) is 13.7. The van der Waals surface area contributed by atoms with Gasteiger partial charge in [-0.25, -0.2) is 0 Å². The fourth-order valence-electron chi connectivity index (χ4n) is 8.84. The lowest BCUT2D eigenvalue weighted by molar-refractivity contribution is 0.660. The van der Waals surface area contributed by atoms with E-state index in [1.165, 1.54) is 95.0 Å². The average molecular weight is 658 g/mol. The third kappa shape index (κ3) is 4.83. The van der Waals surface area contributed by atoms with E-state index >= 15 is 0 Å². The zero-order valence-corrected chi connectivity index (χ0v) is 30.4. The van der Waals surface area contributed by atoms with E-state index in [1.807, 2.05) is 0 Å². The molecule has 0 atom stereocenters. The van der Waals surface area contributed by atoms with Gasteiger partial charge in [-0.3, -0.25) is 0 Å². The summed E-state index contributed by atoms with van der Waals surface area (Å²) in [6.07, 6.45) is 0. The molecular weight excluding hydrogens is 615 g/mol. The second kappa shape index (κ2) is 11.4. The summed E-state index contributed by atoms with van der Waals surface area (Å²) in [5.74, 6) is 0. The Morgan fingerprint density at radius 3 is 1.39 bits per heavy atom. The van der Waals surface area contributed by atoms with Crippen LogP contribution in [0.2, 0.25) is 0 Å². The van der Waals surface area contributed by atoms with Crippen molar-refractivity contribution in [3.8, 4) is 44.5 Å². The number of fused-ring (bicyclic) bond motifs is 6. The molecule has 0 radical (unpaired) electrons. The van der Waals surface area contributed by atoms with Gasteiger partial charge in [0.1, 0.15) is 0 Å². The van der Waals surface area contributed by atoms with E-state index in [4.69, 9.17) is 0 Å². The molecule has 248 valence electrons. The molecule has 7 aromatic rings. The smallest absolute Gasteiger partial charge is 0.0540 e. The molecule has 51 heavy (non-hydrogen) atoms. The number of rotatable bonds is 5. The average Bonchev–Trinajstić information content (AvgIpc) is 3.52. The normalized spacial score (nSPS) is 14.4. The number of benzene rings is 7. The lowest BCUT2D eigenvalue weighted by Crippen LogP contribution is -2.18. The van der Waals surface area contributed by atoms with Gasteiger partial charge in [-0.1, -0.05) is 149 Å². The molecule has 0 N–H and O–H groups in total. The van der Waals surface area contributed by atoms with Crippen molar-refractivity contribution in [1.29, 1.82) is 0 Å². The quantitative estimate of drug-likeness (QED) is 0.178. The second-order valence-electron chi connectivity index (χ2n) is 15.5. The Kier molecular flexibility index (Phi) is 7.03. The summed E-state index contributed by atoms with van der Waals surface area (Å²) < 4.78 is 0. The Morgan fingerprint density at radius 2 is 0.843 bits per heavy atom. The topological polar surface area (TPSA) is 3.24 Å². The van der Waals surface area contributed by atoms with Crippen molar-refractivity contribution in [2.24, 2.45) is 0 Å². The Balaban J connectivity index is 1.30. The van der Waals surface area contributed by atoms with Crippen LogP contribution >= 0.6 is 0 Å². The van der Waals surface area contributed by atoms with Crippen LogP contribution in [-0.4, -0.2) is 0 Å². The van der Waals surface area contributed by atoms with Crippen LogP contribution in [0.5, 0.6) is 0 Å². The highest BCUT2D eigenvalue weighted by atomic mass is 15.1. The molecule has 0 spiro atoms. The summed E-state index contributed by atoms with van der Waals surface area (Å²) in [5, 5.41) is 0. The van der Waals surface area contributed by atoms with Gasteiger partial charge in [0.05, 0.1) is 5.69 Å². The molecule has 0 aliphatic heterocycles. The minimum Gasteiger partial charge on any atom is -0.310 e. The first-order valence-electron chi connectivity index (χ1n) is 18.2. The molecule has 0 amide bonds. The van der Waals surface area contributed by atoms with E-state index in [0.29, 0.717) is 0 Å². The molecule has 0 heterocycles. The van der Waals surface area contributed by atoms with Crippen LogP contribution in [0.1, 0.15) is 61.1 Å². The van der Waals surface area contributed by atoms with Crippen LogP contribution in [0.15, 0.2) is 152 Å². The monoisotopic (exact) mass is 657 g/mol. The van der Waals surface area contributed by atoms with Gasteiger partial charge < -0.3 is 4.90 Å². The summed E-state index contributed by atoms with van der Waals surface area (Å²) in [4.78, 5) is 2.51. The minimum atomic E-state index is -0.108.